The first-order valence-electron chi connectivity index (χ1n) is 2.12. The van der Waals surface area contributed by atoms with Gasteiger partial charge in [-0.05, 0) is 0 Å². The third-order valence-corrected chi connectivity index (χ3v) is 1.86. The van der Waals surface area contributed by atoms with Crippen molar-refractivity contribution in [3.05, 3.63) is 0 Å². The van der Waals surface area contributed by atoms with Crippen LogP contribution < -0.4 is 4.33 Å². The van der Waals surface area contributed by atoms with Crippen molar-refractivity contribution in [1.82, 2.24) is 4.33 Å². The van der Waals surface area contributed by atoms with Gasteiger partial charge in [0.15, 0.2) is 0 Å². The summed E-state index contributed by atoms with van der Waals surface area (Å²) in [6.07, 6.45) is 0. The van der Waals surface area contributed by atoms with Crippen molar-refractivity contribution >= 4 is 34.1 Å². The van der Waals surface area contributed by atoms with Crippen molar-refractivity contribution in [3.8, 4) is 0 Å². The zero-order chi connectivity index (χ0) is 7.28. The van der Waals surface area contributed by atoms with Gasteiger partial charge in [-0.1, -0.05) is 0 Å². The normalized spacial score (nSPS) is 13.1. The van der Waals surface area contributed by atoms with E-state index in [0.717, 1.165) is 0 Å². The summed E-state index contributed by atoms with van der Waals surface area (Å²) in [5.74, 6) is -0.793. The summed E-state index contributed by atoms with van der Waals surface area (Å²) in [7, 11) is 0. The Kier molecular flexibility index (Phi) is 5.22. The summed E-state index contributed by atoms with van der Waals surface area (Å²) < 4.78 is 10.6. The number of carboxylic acid groups (broad SMARTS) is 1. The van der Waals surface area contributed by atoms with Gasteiger partial charge in [0.25, 0.3) is 0 Å². The topological polar surface area (TPSA) is 69.6 Å². The zero-order valence-corrected chi connectivity index (χ0v) is 7.05. The molecule has 0 unspecified atom stereocenters. The van der Waals surface area contributed by atoms with Crippen LogP contribution in [0.25, 0.3) is 0 Å². The molecule has 0 heterocycles. The Balaban J connectivity index is 3.54. The fraction of sp³-hybridized carbons (Fsp3) is 0.667. The molecule has 0 aromatic rings. The van der Waals surface area contributed by atoms with Gasteiger partial charge in [0.2, 0.25) is 0 Å². The van der Waals surface area contributed by atoms with Crippen LogP contribution in [0.1, 0.15) is 0 Å². The molecule has 0 aliphatic heterocycles. The van der Waals surface area contributed by atoms with Crippen molar-refractivity contribution in [2.24, 2.45) is 0 Å². The molecule has 0 amide bonds. The second kappa shape index (κ2) is 5.08. The molecule has 54 valence electrons. The average Bonchev–Trinajstić information content (AvgIpc) is 1.82. The predicted molar refractivity (Wildman–Crippen MR) is 36.4 cm³/mol. The molecule has 3 N–H and O–H groups in total. The number of thiol groups is 1. The van der Waals surface area contributed by atoms with E-state index in [4.69, 9.17) is 9.30 Å². The standard InChI is InChI=1S/C3H7NO3SSe/c5-3(6)2(1-8)4-9-7/h2,4,7-8H,1H2,(H,5,6)/t2-/m0/s1. The Labute approximate surface area is 64.7 Å². The van der Waals surface area contributed by atoms with Crippen LogP contribution >= 0.6 is 12.6 Å². The molecule has 0 radical (unpaired) electrons. The molecule has 1 atom stereocenters. The number of carboxylic acids is 1. The van der Waals surface area contributed by atoms with Gasteiger partial charge in [-0.25, -0.2) is 0 Å². The molecule has 6 heteroatoms. The van der Waals surface area contributed by atoms with E-state index >= 15 is 0 Å². The molecule has 0 rings (SSSR count). The predicted octanol–water partition coefficient (Wildman–Crippen LogP) is -1.51. The number of aliphatic carboxylic acids is 1. The van der Waals surface area contributed by atoms with Crippen molar-refractivity contribution < 1.29 is 14.1 Å². The molecule has 0 aliphatic carbocycles. The van der Waals surface area contributed by atoms with Gasteiger partial charge in [0, 0.05) is 0 Å². The van der Waals surface area contributed by atoms with E-state index in [1.54, 1.807) is 0 Å². The second-order valence-corrected chi connectivity index (χ2v) is 2.53. The third-order valence-electron chi connectivity index (χ3n) is 0.676. The van der Waals surface area contributed by atoms with Gasteiger partial charge in [0.1, 0.15) is 0 Å². The molecule has 0 fully saturated rings. The van der Waals surface area contributed by atoms with Crippen molar-refractivity contribution in [2.75, 3.05) is 5.75 Å². The van der Waals surface area contributed by atoms with Crippen LogP contribution in [-0.4, -0.2) is 42.6 Å². The van der Waals surface area contributed by atoms with Crippen molar-refractivity contribution in [3.63, 3.8) is 0 Å². The first-order valence-corrected chi connectivity index (χ1v) is 4.37. The van der Waals surface area contributed by atoms with Gasteiger partial charge in [0.05, 0.1) is 0 Å². The Hall–Kier alpha value is 0.259. The number of carbonyl (C=O) groups is 1. The fourth-order valence-electron chi connectivity index (χ4n) is 0.229. The van der Waals surface area contributed by atoms with Gasteiger partial charge in [-0.2, -0.15) is 0 Å². The number of nitrogens with one attached hydrogen (secondary N) is 1. The number of rotatable bonds is 4. The van der Waals surface area contributed by atoms with Crippen LogP contribution in [0.5, 0.6) is 0 Å². The van der Waals surface area contributed by atoms with Gasteiger partial charge >= 0.3 is 64.3 Å². The van der Waals surface area contributed by atoms with E-state index in [2.05, 4.69) is 17.0 Å². The second-order valence-electron chi connectivity index (χ2n) is 1.28. The Morgan fingerprint density at radius 3 is 2.56 bits per heavy atom. The monoisotopic (exact) mass is 217 g/mol. The minimum atomic E-state index is -0.985. The molecule has 4 nitrogen and oxygen atoms in total. The van der Waals surface area contributed by atoms with Crippen LogP contribution in [0.4, 0.5) is 0 Å². The van der Waals surface area contributed by atoms with Crippen LogP contribution in [0.3, 0.4) is 0 Å². The molecule has 0 aliphatic rings. The molecule has 0 aromatic heterocycles. The number of hydrogen-bond donors (Lipinski definition) is 4. The van der Waals surface area contributed by atoms with Crippen molar-refractivity contribution in [1.29, 1.82) is 0 Å². The van der Waals surface area contributed by atoms with E-state index in [9.17, 15) is 4.79 Å². The van der Waals surface area contributed by atoms with Crippen LogP contribution in [-0.2, 0) is 4.79 Å². The van der Waals surface area contributed by atoms with E-state index < -0.39 is 27.5 Å². The van der Waals surface area contributed by atoms with E-state index in [0.29, 0.717) is 0 Å². The summed E-state index contributed by atoms with van der Waals surface area (Å²) in [6, 6.07) is -0.724. The summed E-state index contributed by atoms with van der Waals surface area (Å²) in [6.45, 7) is 0. The fourth-order valence-corrected chi connectivity index (χ4v) is 1.41. The molecule has 0 saturated carbocycles. The van der Waals surface area contributed by atoms with E-state index in [-0.39, 0.29) is 5.75 Å². The number of hydrogen-bond acceptors (Lipinski definition) is 4. The maximum absolute atomic E-state index is 10.1. The Bertz CT molecular complexity index is 101. The molecular formula is C3H7NO3SSe. The van der Waals surface area contributed by atoms with Gasteiger partial charge in [-0.15, -0.1) is 0 Å². The van der Waals surface area contributed by atoms with Gasteiger partial charge < -0.3 is 0 Å². The van der Waals surface area contributed by atoms with Crippen molar-refractivity contribution in [2.45, 2.75) is 6.04 Å². The van der Waals surface area contributed by atoms with Crippen LogP contribution in [0, 0.1) is 0 Å². The minimum absolute atomic E-state index is 0.192. The quantitative estimate of drug-likeness (QED) is 0.340. The first kappa shape index (κ1) is 9.26. The SMILES string of the molecule is O=C(O)[C@H](CS)N[Se]O. The summed E-state index contributed by atoms with van der Waals surface area (Å²) in [4.78, 5) is 10.1. The van der Waals surface area contributed by atoms with Crippen LogP contribution in [0.15, 0.2) is 0 Å². The average molecular weight is 216 g/mol. The Morgan fingerprint density at radius 1 is 1.89 bits per heavy atom. The molecular weight excluding hydrogens is 209 g/mol. The van der Waals surface area contributed by atoms with Crippen LogP contribution in [0.2, 0.25) is 0 Å². The molecule has 0 saturated heterocycles. The Morgan fingerprint density at radius 2 is 2.44 bits per heavy atom. The molecule has 0 aromatic carbocycles. The molecule has 0 bridgehead atoms. The molecule has 0 spiro atoms. The van der Waals surface area contributed by atoms with E-state index in [1.807, 2.05) is 0 Å². The maximum atomic E-state index is 10.1. The summed E-state index contributed by atoms with van der Waals surface area (Å²) >= 11 is 2.94. The summed E-state index contributed by atoms with van der Waals surface area (Å²) in [5.41, 5.74) is 0. The van der Waals surface area contributed by atoms with Gasteiger partial charge in [-0.3, -0.25) is 0 Å². The third kappa shape index (κ3) is 3.77. The first-order chi connectivity index (χ1) is 4.22. The molecule has 9 heavy (non-hydrogen) atoms. The summed E-state index contributed by atoms with van der Waals surface area (Å²) in [5, 5.41) is 8.29. The zero-order valence-electron chi connectivity index (χ0n) is 4.44. The van der Waals surface area contributed by atoms with E-state index in [1.165, 1.54) is 0 Å².